The Morgan fingerprint density at radius 2 is 1.79 bits per heavy atom. The predicted octanol–water partition coefficient (Wildman–Crippen LogP) is 2.88. The average Bonchev–Trinajstić information content (AvgIpc) is 2.77. The van der Waals surface area contributed by atoms with Crippen LogP contribution in [0, 0.1) is 0 Å². The molecule has 76 valence electrons. The van der Waals surface area contributed by atoms with Crippen molar-refractivity contribution in [1.82, 2.24) is 4.57 Å². The van der Waals surface area contributed by atoms with Crippen LogP contribution in [0.15, 0.2) is 0 Å². The lowest BCUT2D eigenvalue weighted by molar-refractivity contribution is 0.619. The lowest BCUT2D eigenvalue weighted by atomic mass is 9.93. The van der Waals surface area contributed by atoms with Crippen LogP contribution in [0.2, 0.25) is 0 Å². The molecule has 2 heterocycles. The van der Waals surface area contributed by atoms with E-state index in [1.807, 2.05) is 0 Å². The largest absolute Gasteiger partial charge is 0.348 e. The third kappa shape index (κ3) is 1.01. The summed E-state index contributed by atoms with van der Waals surface area (Å²) in [7, 11) is 0. The Balaban J connectivity index is 2.19. The molecule has 0 unspecified atom stereocenters. The normalized spacial score (nSPS) is 19.5. The topological polar surface area (TPSA) is 4.93 Å². The highest BCUT2D eigenvalue weighted by Crippen LogP contribution is 2.34. The van der Waals surface area contributed by atoms with E-state index in [0.29, 0.717) is 0 Å². The molecule has 0 saturated heterocycles. The summed E-state index contributed by atoms with van der Waals surface area (Å²) in [6.07, 6.45) is 9.53. The first kappa shape index (κ1) is 8.58. The van der Waals surface area contributed by atoms with Gasteiger partial charge >= 0.3 is 0 Å². The molecular formula is C13H19N. The van der Waals surface area contributed by atoms with Crippen molar-refractivity contribution in [1.29, 1.82) is 0 Å². The molecule has 0 radical (unpaired) electrons. The number of aromatic nitrogens is 1. The van der Waals surface area contributed by atoms with E-state index < -0.39 is 0 Å². The van der Waals surface area contributed by atoms with E-state index in [1.54, 1.807) is 22.5 Å². The van der Waals surface area contributed by atoms with Crippen LogP contribution in [0.4, 0.5) is 0 Å². The van der Waals surface area contributed by atoms with E-state index in [1.165, 1.54) is 51.5 Å². The minimum atomic E-state index is 1.25. The first-order valence-electron chi connectivity index (χ1n) is 6.13. The molecule has 1 aromatic heterocycles. The van der Waals surface area contributed by atoms with Gasteiger partial charge in [0.2, 0.25) is 0 Å². The van der Waals surface area contributed by atoms with Crippen LogP contribution >= 0.6 is 0 Å². The average molecular weight is 189 g/mol. The van der Waals surface area contributed by atoms with E-state index in [9.17, 15) is 0 Å². The third-order valence-electron chi connectivity index (χ3n) is 3.95. The Morgan fingerprint density at radius 1 is 1.00 bits per heavy atom. The Bertz CT molecular complexity index is 330. The molecule has 0 atom stereocenters. The van der Waals surface area contributed by atoms with Gasteiger partial charge in [-0.1, -0.05) is 6.92 Å². The smallest absolute Gasteiger partial charge is 0.0228 e. The summed E-state index contributed by atoms with van der Waals surface area (Å²) < 4.78 is 2.65. The van der Waals surface area contributed by atoms with Crippen LogP contribution in [0.3, 0.4) is 0 Å². The van der Waals surface area contributed by atoms with Gasteiger partial charge in [0.1, 0.15) is 0 Å². The minimum absolute atomic E-state index is 1.25. The molecule has 1 aliphatic heterocycles. The zero-order valence-electron chi connectivity index (χ0n) is 9.10. The number of rotatable bonds is 1. The van der Waals surface area contributed by atoms with E-state index in [-0.39, 0.29) is 0 Å². The molecule has 0 saturated carbocycles. The third-order valence-corrected chi connectivity index (χ3v) is 3.95. The molecule has 1 heteroatoms. The molecule has 0 amide bonds. The van der Waals surface area contributed by atoms with Gasteiger partial charge in [0.05, 0.1) is 0 Å². The van der Waals surface area contributed by atoms with Gasteiger partial charge in [-0.05, 0) is 56.1 Å². The van der Waals surface area contributed by atoms with Gasteiger partial charge in [0.25, 0.3) is 0 Å². The zero-order chi connectivity index (χ0) is 9.54. The van der Waals surface area contributed by atoms with Gasteiger partial charge < -0.3 is 4.57 Å². The summed E-state index contributed by atoms with van der Waals surface area (Å²) in [5.41, 5.74) is 6.87. The van der Waals surface area contributed by atoms with Crippen molar-refractivity contribution in [2.45, 2.75) is 58.4 Å². The molecule has 0 spiro atoms. The van der Waals surface area contributed by atoms with Crippen LogP contribution in [0.25, 0.3) is 0 Å². The monoisotopic (exact) mass is 189 g/mol. The van der Waals surface area contributed by atoms with Crippen molar-refractivity contribution in [2.24, 2.45) is 0 Å². The van der Waals surface area contributed by atoms with Gasteiger partial charge in [-0.2, -0.15) is 0 Å². The molecule has 1 nitrogen and oxygen atoms in total. The molecule has 1 aromatic rings. The predicted molar refractivity (Wildman–Crippen MR) is 58.8 cm³/mol. The quantitative estimate of drug-likeness (QED) is 0.640. The number of hydrogen-bond donors (Lipinski definition) is 0. The van der Waals surface area contributed by atoms with Gasteiger partial charge in [-0.3, -0.25) is 0 Å². The fourth-order valence-electron chi connectivity index (χ4n) is 3.39. The molecule has 1 aliphatic carbocycles. The molecule has 3 rings (SSSR count). The highest BCUT2D eigenvalue weighted by Gasteiger charge is 2.25. The van der Waals surface area contributed by atoms with Crippen LogP contribution in [-0.2, 0) is 32.2 Å². The second-order valence-corrected chi connectivity index (χ2v) is 4.67. The molecule has 0 fully saturated rings. The first-order valence-corrected chi connectivity index (χ1v) is 6.13. The summed E-state index contributed by atoms with van der Waals surface area (Å²) >= 11 is 0. The summed E-state index contributed by atoms with van der Waals surface area (Å²) in [6, 6.07) is 0. The van der Waals surface area contributed by atoms with Crippen LogP contribution < -0.4 is 0 Å². The van der Waals surface area contributed by atoms with Crippen LogP contribution in [-0.4, -0.2) is 4.57 Å². The lowest BCUT2D eigenvalue weighted by Crippen LogP contribution is -2.07. The second-order valence-electron chi connectivity index (χ2n) is 4.67. The fourth-order valence-corrected chi connectivity index (χ4v) is 3.39. The van der Waals surface area contributed by atoms with E-state index in [0.717, 1.165) is 0 Å². The van der Waals surface area contributed by atoms with E-state index in [2.05, 4.69) is 11.5 Å². The van der Waals surface area contributed by atoms with Crippen molar-refractivity contribution >= 4 is 0 Å². The molecule has 0 N–H and O–H groups in total. The number of fused-ring (bicyclic) bond motifs is 3. The maximum absolute atomic E-state index is 2.65. The molecule has 14 heavy (non-hydrogen) atoms. The van der Waals surface area contributed by atoms with E-state index in [4.69, 9.17) is 0 Å². The summed E-state index contributed by atoms with van der Waals surface area (Å²) in [4.78, 5) is 0. The minimum Gasteiger partial charge on any atom is -0.348 e. The van der Waals surface area contributed by atoms with Crippen molar-refractivity contribution in [3.63, 3.8) is 0 Å². The summed E-state index contributed by atoms with van der Waals surface area (Å²) in [5, 5.41) is 0. The summed E-state index contributed by atoms with van der Waals surface area (Å²) in [6.45, 7) is 3.63. The standard InChI is InChI=1S/C13H19N/c1-2-10-11-6-3-4-7-13(11)14-9-5-8-12(10)14/h2-9H2,1H3. The number of hydrogen-bond acceptors (Lipinski definition) is 0. The highest BCUT2D eigenvalue weighted by molar-refractivity contribution is 5.41. The SMILES string of the molecule is CCc1c2c(n3c1CCC3)CCCC2. The van der Waals surface area contributed by atoms with Crippen molar-refractivity contribution in [3.8, 4) is 0 Å². The van der Waals surface area contributed by atoms with E-state index >= 15 is 0 Å². The van der Waals surface area contributed by atoms with Crippen molar-refractivity contribution < 1.29 is 0 Å². The fraction of sp³-hybridized carbons (Fsp3) is 0.692. The van der Waals surface area contributed by atoms with Gasteiger partial charge in [0.15, 0.2) is 0 Å². The first-order chi connectivity index (χ1) is 6.92. The molecule has 0 bridgehead atoms. The Kier molecular flexibility index (Phi) is 1.93. The molecular weight excluding hydrogens is 170 g/mol. The molecule has 0 aromatic carbocycles. The Morgan fingerprint density at radius 3 is 2.64 bits per heavy atom. The second kappa shape index (κ2) is 3.15. The maximum Gasteiger partial charge on any atom is 0.0228 e. The van der Waals surface area contributed by atoms with Crippen LogP contribution in [0.1, 0.15) is 48.7 Å². The molecule has 2 aliphatic rings. The highest BCUT2D eigenvalue weighted by atomic mass is 15.0. The Hall–Kier alpha value is -0.720. The van der Waals surface area contributed by atoms with Gasteiger partial charge in [-0.25, -0.2) is 0 Å². The van der Waals surface area contributed by atoms with Gasteiger partial charge in [0, 0.05) is 17.9 Å². The number of nitrogens with zero attached hydrogens (tertiary/aromatic N) is 1. The lowest BCUT2D eigenvalue weighted by Gasteiger charge is -2.15. The van der Waals surface area contributed by atoms with Crippen molar-refractivity contribution in [2.75, 3.05) is 0 Å². The van der Waals surface area contributed by atoms with Crippen molar-refractivity contribution in [3.05, 3.63) is 22.5 Å². The Labute approximate surface area is 86.1 Å². The van der Waals surface area contributed by atoms with Gasteiger partial charge in [-0.15, -0.1) is 0 Å². The van der Waals surface area contributed by atoms with Crippen LogP contribution in [0.5, 0.6) is 0 Å². The summed E-state index contributed by atoms with van der Waals surface area (Å²) in [5.74, 6) is 0. The zero-order valence-corrected chi connectivity index (χ0v) is 9.10. The maximum atomic E-state index is 2.65.